The summed E-state index contributed by atoms with van der Waals surface area (Å²) in [5.74, 6) is 0.0266. The number of ether oxygens (including phenoxy) is 1. The first-order chi connectivity index (χ1) is 6.83. The molecule has 1 fully saturated rings. The molecular weight excluding hydrogens is 164 g/mol. The molecule has 2 heteroatoms. The number of benzene rings is 1. The van der Waals surface area contributed by atoms with Crippen LogP contribution in [0.4, 0.5) is 0 Å². The summed E-state index contributed by atoms with van der Waals surface area (Å²) in [7, 11) is 0. The minimum absolute atomic E-state index is 0.0266. The van der Waals surface area contributed by atoms with Crippen molar-refractivity contribution in [2.45, 2.75) is 19.1 Å². The van der Waals surface area contributed by atoms with Crippen molar-refractivity contribution >= 4 is 0 Å². The van der Waals surface area contributed by atoms with Crippen molar-refractivity contribution in [2.75, 3.05) is 6.61 Å². The Bertz CT molecular complexity index is 289. The molecule has 1 saturated carbocycles. The van der Waals surface area contributed by atoms with E-state index in [0.29, 0.717) is 6.61 Å². The van der Waals surface area contributed by atoms with Gasteiger partial charge in [0.1, 0.15) is 0 Å². The van der Waals surface area contributed by atoms with E-state index in [9.17, 15) is 0 Å². The van der Waals surface area contributed by atoms with Crippen LogP contribution in [0.1, 0.15) is 13.3 Å². The Morgan fingerprint density at radius 2 is 2.23 bits per heavy atom. The summed E-state index contributed by atoms with van der Waals surface area (Å²) in [6, 6.07) is 9.88. The fraction of sp³-hybridized carbons (Fsp3) is 0.455. The first kappa shape index (κ1) is 7.54. The average molecular weight is 179 g/mol. The van der Waals surface area contributed by atoms with Gasteiger partial charge in [0.05, 0.1) is 12.7 Å². The van der Waals surface area contributed by atoms with Gasteiger partial charge in [0.2, 0.25) is 0 Å². The van der Waals surface area contributed by atoms with Gasteiger partial charge in [-0.25, -0.2) is 0 Å². The Hall–Kier alpha value is -0.860. The van der Waals surface area contributed by atoms with Crippen molar-refractivity contribution in [1.82, 2.24) is 0 Å². The van der Waals surface area contributed by atoms with Gasteiger partial charge in [-0.1, -0.05) is 30.3 Å². The van der Waals surface area contributed by atoms with Gasteiger partial charge in [0.15, 0.2) is 0 Å². The molecule has 2 rings (SSSR count). The molecule has 0 unspecified atom stereocenters. The molecule has 3 atom stereocenters. The van der Waals surface area contributed by atoms with Crippen LogP contribution < -0.4 is 0 Å². The summed E-state index contributed by atoms with van der Waals surface area (Å²) >= 11 is 0. The highest BCUT2D eigenvalue weighted by Crippen LogP contribution is 2.33. The highest BCUT2D eigenvalue weighted by atomic mass is 16.5. The van der Waals surface area contributed by atoms with E-state index >= 15 is 0 Å². The van der Waals surface area contributed by atoms with Crippen LogP contribution >= 0.6 is 0 Å². The van der Waals surface area contributed by atoms with E-state index < -0.39 is 0 Å². The van der Waals surface area contributed by atoms with Gasteiger partial charge in [0.25, 0.3) is 0 Å². The number of rotatable bonds is 4. The molecule has 1 aliphatic rings. The monoisotopic (exact) mass is 179 g/mol. The second-order valence-corrected chi connectivity index (χ2v) is 3.30. The maximum atomic E-state index is 8.84. The quantitative estimate of drug-likeness (QED) is 0.760. The van der Waals surface area contributed by atoms with Crippen LogP contribution in [0.15, 0.2) is 30.3 Å². The van der Waals surface area contributed by atoms with E-state index in [4.69, 9.17) is 11.2 Å². The molecular formula is C11H14O2. The van der Waals surface area contributed by atoms with Crippen LogP contribution in [-0.2, 0) is 11.3 Å². The van der Waals surface area contributed by atoms with Gasteiger partial charge in [-0.2, -0.15) is 0 Å². The Morgan fingerprint density at radius 3 is 2.85 bits per heavy atom. The van der Waals surface area contributed by atoms with E-state index in [1.54, 1.807) is 0 Å². The number of aliphatic hydroxyl groups is 1. The zero-order valence-corrected chi connectivity index (χ0v) is 7.39. The summed E-state index contributed by atoms with van der Waals surface area (Å²) < 4.78 is 13.0. The van der Waals surface area contributed by atoms with E-state index in [1.807, 2.05) is 30.3 Å². The zero-order valence-electron chi connectivity index (χ0n) is 8.39. The van der Waals surface area contributed by atoms with Crippen molar-refractivity contribution in [3.63, 3.8) is 0 Å². The lowest BCUT2D eigenvalue weighted by Crippen LogP contribution is -1.99. The Balaban J connectivity index is 1.79. The average Bonchev–Trinajstić information content (AvgIpc) is 2.87. The van der Waals surface area contributed by atoms with Crippen LogP contribution in [0, 0.1) is 5.92 Å². The molecule has 0 amide bonds. The second-order valence-electron chi connectivity index (χ2n) is 3.30. The van der Waals surface area contributed by atoms with E-state index in [1.165, 1.54) is 0 Å². The standard InChI is InChI=1S/C11H14O2/c12-7-10-6-11(10)13-8-9-4-2-1-3-5-9/h1-5,10-12H,6-8H2/t10-,11+/m0/s1/i6D/t6-,10+,11-/m1. The molecule has 1 N–H and O–H groups in total. The smallest absolute Gasteiger partial charge is 0.0720 e. The third-order valence-corrected chi connectivity index (χ3v) is 2.21. The fourth-order valence-corrected chi connectivity index (χ4v) is 1.29. The Morgan fingerprint density at radius 1 is 1.46 bits per heavy atom. The topological polar surface area (TPSA) is 29.5 Å². The summed E-state index contributed by atoms with van der Waals surface area (Å²) in [6.07, 6.45) is -0.302. The van der Waals surface area contributed by atoms with Gasteiger partial charge in [0, 0.05) is 13.9 Å². The maximum absolute atomic E-state index is 8.84. The minimum Gasteiger partial charge on any atom is -0.396 e. The molecule has 1 aromatic rings. The van der Waals surface area contributed by atoms with Crippen molar-refractivity contribution in [1.29, 1.82) is 0 Å². The molecule has 13 heavy (non-hydrogen) atoms. The third kappa shape index (κ3) is 2.29. The number of aliphatic hydroxyl groups excluding tert-OH is 1. The predicted molar refractivity (Wildman–Crippen MR) is 50.2 cm³/mol. The lowest BCUT2D eigenvalue weighted by molar-refractivity contribution is 0.0862. The SMILES string of the molecule is [2H][C@@H]1[C@@H](CO)[C@@H]1OCc1ccccc1. The summed E-state index contributed by atoms with van der Waals surface area (Å²) in [5.41, 5.74) is 1.11. The lowest BCUT2D eigenvalue weighted by atomic mass is 10.2. The predicted octanol–water partition coefficient (Wildman–Crippen LogP) is 1.58. The second kappa shape index (κ2) is 3.90. The fourth-order valence-electron chi connectivity index (χ4n) is 1.29. The minimum atomic E-state index is -0.233. The Kier molecular flexibility index (Phi) is 2.26. The molecule has 0 heterocycles. The van der Waals surface area contributed by atoms with E-state index in [0.717, 1.165) is 5.56 Å². The van der Waals surface area contributed by atoms with Crippen LogP contribution in [0.25, 0.3) is 0 Å². The molecule has 0 spiro atoms. The maximum Gasteiger partial charge on any atom is 0.0720 e. The van der Waals surface area contributed by atoms with E-state index in [2.05, 4.69) is 0 Å². The first-order valence-corrected chi connectivity index (χ1v) is 4.51. The van der Waals surface area contributed by atoms with Crippen LogP contribution in [-0.4, -0.2) is 17.8 Å². The molecule has 0 saturated heterocycles. The van der Waals surface area contributed by atoms with Crippen molar-refractivity contribution < 1.29 is 11.2 Å². The third-order valence-electron chi connectivity index (χ3n) is 2.21. The van der Waals surface area contributed by atoms with Crippen LogP contribution in [0.5, 0.6) is 0 Å². The molecule has 2 nitrogen and oxygen atoms in total. The van der Waals surface area contributed by atoms with Crippen LogP contribution in [0.2, 0.25) is 0 Å². The summed E-state index contributed by atoms with van der Waals surface area (Å²) in [4.78, 5) is 0. The van der Waals surface area contributed by atoms with Crippen molar-refractivity contribution in [3.8, 4) is 0 Å². The van der Waals surface area contributed by atoms with Gasteiger partial charge in [-0.05, 0) is 12.0 Å². The lowest BCUT2D eigenvalue weighted by Gasteiger charge is -2.02. The first-order valence-electron chi connectivity index (χ1n) is 5.09. The highest BCUT2D eigenvalue weighted by molar-refractivity contribution is 5.13. The summed E-state index contributed by atoms with van der Waals surface area (Å²) in [5, 5.41) is 8.84. The molecule has 0 aromatic heterocycles. The molecule has 1 aliphatic carbocycles. The van der Waals surface area contributed by atoms with Gasteiger partial charge in [-0.3, -0.25) is 0 Å². The Labute approximate surface area is 79.6 Å². The van der Waals surface area contributed by atoms with Crippen LogP contribution in [0.3, 0.4) is 0 Å². The van der Waals surface area contributed by atoms with E-state index in [-0.39, 0.29) is 25.0 Å². The molecule has 1 aromatic carbocycles. The molecule has 0 radical (unpaired) electrons. The number of hydrogen-bond acceptors (Lipinski definition) is 2. The normalized spacial score (nSPS) is 32.7. The zero-order chi connectivity index (χ0) is 9.97. The van der Waals surface area contributed by atoms with Gasteiger partial charge in [-0.15, -0.1) is 0 Å². The summed E-state index contributed by atoms with van der Waals surface area (Å²) in [6.45, 7) is 0.602. The largest absolute Gasteiger partial charge is 0.396 e. The van der Waals surface area contributed by atoms with Crippen molar-refractivity contribution in [2.24, 2.45) is 5.92 Å². The number of hydrogen-bond donors (Lipinski definition) is 1. The highest BCUT2D eigenvalue weighted by Gasteiger charge is 2.37. The van der Waals surface area contributed by atoms with Gasteiger partial charge >= 0.3 is 0 Å². The molecule has 0 aliphatic heterocycles. The van der Waals surface area contributed by atoms with Crippen molar-refractivity contribution in [3.05, 3.63) is 35.9 Å². The molecule has 0 bridgehead atoms. The van der Waals surface area contributed by atoms with Gasteiger partial charge < -0.3 is 9.84 Å². The molecule has 70 valence electrons.